The van der Waals surface area contributed by atoms with Gasteiger partial charge in [0.05, 0.1) is 12.7 Å². The van der Waals surface area contributed by atoms with Gasteiger partial charge in [-0.05, 0) is 30.3 Å². The highest BCUT2D eigenvalue weighted by Crippen LogP contribution is 2.19. The lowest BCUT2D eigenvalue weighted by Gasteiger charge is -2.34. The summed E-state index contributed by atoms with van der Waals surface area (Å²) < 4.78 is 10.7. The predicted octanol–water partition coefficient (Wildman–Crippen LogP) is 1.76. The summed E-state index contributed by atoms with van der Waals surface area (Å²) in [5.41, 5.74) is 0.394. The number of carbonyl (C=O) groups excluding carboxylic acids is 2. The van der Waals surface area contributed by atoms with Crippen molar-refractivity contribution in [3.8, 4) is 11.5 Å². The minimum atomic E-state index is -1.08. The third-order valence-corrected chi connectivity index (χ3v) is 4.68. The molecule has 3 rings (SSSR count). The molecule has 2 amide bonds. The second-order valence-corrected chi connectivity index (χ2v) is 6.53. The van der Waals surface area contributed by atoms with E-state index in [2.05, 4.69) is 0 Å². The van der Waals surface area contributed by atoms with E-state index in [0.717, 1.165) is 0 Å². The minimum absolute atomic E-state index is 0.0688. The van der Waals surface area contributed by atoms with Crippen LogP contribution >= 0.6 is 0 Å². The number of carboxylic acids is 1. The Labute approximate surface area is 168 Å². The second kappa shape index (κ2) is 9.09. The molecule has 0 bridgehead atoms. The van der Waals surface area contributed by atoms with Gasteiger partial charge in [0, 0.05) is 37.8 Å². The molecule has 1 saturated heterocycles. The largest absolute Gasteiger partial charge is 0.497 e. The molecule has 152 valence electrons. The monoisotopic (exact) mass is 398 g/mol. The Morgan fingerprint density at radius 1 is 0.897 bits per heavy atom. The SMILES string of the molecule is COc1cccc(OCC(=O)N2CCN(C(=O)c3cccc(C(=O)O)c3)CC2)c1. The maximum Gasteiger partial charge on any atom is 0.335 e. The van der Waals surface area contributed by atoms with E-state index in [1.807, 2.05) is 0 Å². The van der Waals surface area contributed by atoms with Crippen molar-refractivity contribution in [3.05, 3.63) is 59.7 Å². The van der Waals surface area contributed by atoms with Crippen LogP contribution in [-0.4, -0.2) is 72.6 Å². The van der Waals surface area contributed by atoms with Gasteiger partial charge in [-0.2, -0.15) is 0 Å². The van der Waals surface area contributed by atoms with Gasteiger partial charge in [-0.25, -0.2) is 4.79 Å². The lowest BCUT2D eigenvalue weighted by molar-refractivity contribution is -0.134. The summed E-state index contributed by atoms with van der Waals surface area (Å²) in [7, 11) is 1.56. The maximum absolute atomic E-state index is 12.6. The molecular formula is C21H22N2O6. The summed E-state index contributed by atoms with van der Waals surface area (Å²) in [5, 5.41) is 9.07. The van der Waals surface area contributed by atoms with E-state index in [1.165, 1.54) is 12.1 Å². The van der Waals surface area contributed by atoms with Crippen molar-refractivity contribution in [1.82, 2.24) is 9.80 Å². The number of methoxy groups -OCH3 is 1. The number of carbonyl (C=O) groups is 3. The molecule has 1 aliphatic heterocycles. The number of ether oxygens (including phenoxy) is 2. The van der Waals surface area contributed by atoms with Crippen LogP contribution in [-0.2, 0) is 4.79 Å². The number of nitrogens with zero attached hydrogens (tertiary/aromatic N) is 2. The number of amides is 2. The third-order valence-electron chi connectivity index (χ3n) is 4.68. The van der Waals surface area contributed by atoms with Crippen LogP contribution in [0.25, 0.3) is 0 Å². The molecule has 0 aliphatic carbocycles. The number of hydrogen-bond acceptors (Lipinski definition) is 5. The van der Waals surface area contributed by atoms with Gasteiger partial charge >= 0.3 is 5.97 Å². The molecular weight excluding hydrogens is 376 g/mol. The summed E-state index contributed by atoms with van der Waals surface area (Å²) in [6.45, 7) is 1.44. The van der Waals surface area contributed by atoms with Gasteiger partial charge in [-0.1, -0.05) is 12.1 Å². The van der Waals surface area contributed by atoms with E-state index in [4.69, 9.17) is 14.6 Å². The number of hydrogen-bond donors (Lipinski definition) is 1. The van der Waals surface area contributed by atoms with Crippen LogP contribution in [0.5, 0.6) is 11.5 Å². The van der Waals surface area contributed by atoms with Crippen LogP contribution in [0.4, 0.5) is 0 Å². The molecule has 0 saturated carbocycles. The standard InChI is InChI=1S/C21H22N2O6/c1-28-17-6-3-7-18(13-17)29-14-19(24)22-8-10-23(11-9-22)20(25)15-4-2-5-16(12-15)21(26)27/h2-7,12-13H,8-11,14H2,1H3,(H,26,27). The molecule has 1 heterocycles. The van der Waals surface area contributed by atoms with Gasteiger partial charge in [0.15, 0.2) is 6.61 Å². The van der Waals surface area contributed by atoms with Crippen molar-refractivity contribution >= 4 is 17.8 Å². The van der Waals surface area contributed by atoms with Gasteiger partial charge in [0.2, 0.25) is 0 Å². The highest BCUT2D eigenvalue weighted by Gasteiger charge is 2.25. The van der Waals surface area contributed by atoms with Gasteiger partial charge in [-0.3, -0.25) is 9.59 Å². The first kappa shape index (κ1) is 20.2. The number of carboxylic acid groups (broad SMARTS) is 1. The van der Waals surface area contributed by atoms with Crippen LogP contribution in [0.15, 0.2) is 48.5 Å². The Morgan fingerprint density at radius 3 is 2.21 bits per heavy atom. The van der Waals surface area contributed by atoms with E-state index in [1.54, 1.807) is 53.3 Å². The molecule has 29 heavy (non-hydrogen) atoms. The normalized spacial score (nSPS) is 13.7. The molecule has 8 nitrogen and oxygen atoms in total. The molecule has 1 N–H and O–H groups in total. The average molecular weight is 398 g/mol. The first-order valence-corrected chi connectivity index (χ1v) is 9.15. The van der Waals surface area contributed by atoms with Crippen LogP contribution < -0.4 is 9.47 Å². The Morgan fingerprint density at radius 2 is 1.52 bits per heavy atom. The summed E-state index contributed by atoms with van der Waals surface area (Å²) in [5.74, 6) is -0.286. The van der Waals surface area contributed by atoms with Crippen molar-refractivity contribution in [2.24, 2.45) is 0 Å². The van der Waals surface area contributed by atoms with E-state index in [-0.39, 0.29) is 24.0 Å². The zero-order valence-corrected chi connectivity index (χ0v) is 16.0. The van der Waals surface area contributed by atoms with E-state index in [9.17, 15) is 14.4 Å². The molecule has 2 aromatic carbocycles. The van der Waals surface area contributed by atoms with Gasteiger partial charge < -0.3 is 24.4 Å². The van der Waals surface area contributed by atoms with Crippen LogP contribution in [0.1, 0.15) is 20.7 Å². The van der Waals surface area contributed by atoms with Crippen LogP contribution in [0.2, 0.25) is 0 Å². The third kappa shape index (κ3) is 5.04. The first-order valence-electron chi connectivity index (χ1n) is 9.15. The fraction of sp³-hybridized carbons (Fsp3) is 0.286. The summed E-state index contributed by atoms with van der Waals surface area (Å²) in [6.07, 6.45) is 0. The quantitative estimate of drug-likeness (QED) is 0.797. The van der Waals surface area contributed by atoms with Crippen LogP contribution in [0, 0.1) is 0 Å². The average Bonchev–Trinajstić information content (AvgIpc) is 2.77. The van der Waals surface area contributed by atoms with E-state index < -0.39 is 5.97 Å². The zero-order valence-electron chi connectivity index (χ0n) is 16.0. The molecule has 0 atom stereocenters. The lowest BCUT2D eigenvalue weighted by atomic mass is 10.1. The van der Waals surface area contributed by atoms with Gasteiger partial charge in [0.1, 0.15) is 11.5 Å². The molecule has 8 heteroatoms. The Kier molecular flexibility index (Phi) is 6.33. The summed E-state index contributed by atoms with van der Waals surface area (Å²) >= 11 is 0. The Hall–Kier alpha value is -3.55. The molecule has 1 fully saturated rings. The fourth-order valence-electron chi connectivity index (χ4n) is 3.05. The molecule has 0 aromatic heterocycles. The van der Waals surface area contributed by atoms with Crippen molar-refractivity contribution in [1.29, 1.82) is 0 Å². The molecule has 0 radical (unpaired) electrons. The fourth-order valence-corrected chi connectivity index (χ4v) is 3.05. The number of benzene rings is 2. The highest BCUT2D eigenvalue weighted by molar-refractivity contribution is 5.97. The number of rotatable bonds is 6. The van der Waals surface area contributed by atoms with Crippen LogP contribution in [0.3, 0.4) is 0 Å². The zero-order chi connectivity index (χ0) is 20.8. The van der Waals surface area contributed by atoms with Crippen molar-refractivity contribution in [3.63, 3.8) is 0 Å². The van der Waals surface area contributed by atoms with Crippen molar-refractivity contribution in [2.75, 3.05) is 39.9 Å². The van der Waals surface area contributed by atoms with E-state index >= 15 is 0 Å². The number of piperazine rings is 1. The molecule has 0 unspecified atom stereocenters. The second-order valence-electron chi connectivity index (χ2n) is 6.53. The maximum atomic E-state index is 12.6. The molecule has 2 aromatic rings. The highest BCUT2D eigenvalue weighted by atomic mass is 16.5. The Bertz CT molecular complexity index is 906. The first-order chi connectivity index (χ1) is 14.0. The minimum Gasteiger partial charge on any atom is -0.497 e. The summed E-state index contributed by atoms with van der Waals surface area (Å²) in [4.78, 5) is 39.4. The summed E-state index contributed by atoms with van der Waals surface area (Å²) in [6, 6.07) is 13.0. The van der Waals surface area contributed by atoms with Crippen molar-refractivity contribution in [2.45, 2.75) is 0 Å². The van der Waals surface area contributed by atoms with Crippen molar-refractivity contribution < 1.29 is 29.0 Å². The van der Waals surface area contributed by atoms with E-state index in [0.29, 0.717) is 43.2 Å². The smallest absolute Gasteiger partial charge is 0.335 e. The Balaban J connectivity index is 1.51. The topological polar surface area (TPSA) is 96.4 Å². The predicted molar refractivity (Wildman–Crippen MR) is 104 cm³/mol. The molecule has 1 aliphatic rings. The van der Waals surface area contributed by atoms with Gasteiger partial charge in [0.25, 0.3) is 11.8 Å². The molecule has 0 spiro atoms. The number of aromatic carboxylic acids is 1. The lowest BCUT2D eigenvalue weighted by Crippen LogP contribution is -2.51. The van der Waals surface area contributed by atoms with Gasteiger partial charge in [-0.15, -0.1) is 0 Å².